The van der Waals surface area contributed by atoms with Crippen LogP contribution in [0.3, 0.4) is 0 Å². The number of fused-ring (bicyclic) bond motifs is 4. The largest absolute Gasteiger partial charge is 0.494 e. The van der Waals surface area contributed by atoms with Gasteiger partial charge in [-0.05, 0) is 93.0 Å². The number of nitrogens with zero attached hydrogens (tertiary/aromatic N) is 5. The van der Waals surface area contributed by atoms with Crippen LogP contribution in [-0.4, -0.2) is 62.3 Å². The number of piperidine rings is 1. The van der Waals surface area contributed by atoms with Crippen molar-refractivity contribution in [3.8, 4) is 34.1 Å². The van der Waals surface area contributed by atoms with Crippen LogP contribution in [-0.2, 0) is 6.54 Å². The van der Waals surface area contributed by atoms with Crippen molar-refractivity contribution in [3.05, 3.63) is 65.9 Å². The summed E-state index contributed by atoms with van der Waals surface area (Å²) >= 11 is 0. The molecule has 2 aliphatic carbocycles. The van der Waals surface area contributed by atoms with Crippen LogP contribution in [0.4, 0.5) is 8.78 Å². The maximum absolute atomic E-state index is 13.7. The summed E-state index contributed by atoms with van der Waals surface area (Å²) in [7, 11) is 1.62. The van der Waals surface area contributed by atoms with E-state index in [9.17, 15) is 13.6 Å². The highest BCUT2D eigenvalue weighted by Gasteiger charge is 2.47. The van der Waals surface area contributed by atoms with Crippen LogP contribution in [0, 0.1) is 18.8 Å². The maximum atomic E-state index is 13.7. The molecule has 2 saturated carbocycles. The second kappa shape index (κ2) is 10.5. The number of alkyl halides is 2. The molecule has 0 spiro atoms. The van der Waals surface area contributed by atoms with Gasteiger partial charge >= 0.3 is 6.61 Å². The van der Waals surface area contributed by atoms with E-state index in [0.29, 0.717) is 29.7 Å². The molecule has 9 nitrogen and oxygen atoms in total. The topological polar surface area (TPSA) is 99.9 Å². The molecule has 1 saturated heterocycles. The number of rotatable bonds is 8. The van der Waals surface area contributed by atoms with Crippen LogP contribution >= 0.6 is 0 Å². The van der Waals surface area contributed by atoms with E-state index < -0.39 is 6.61 Å². The smallest absolute Gasteiger partial charge is 0.387 e. The van der Waals surface area contributed by atoms with Crippen molar-refractivity contribution in [2.24, 2.45) is 17.6 Å². The number of amides is 1. The van der Waals surface area contributed by atoms with Crippen LogP contribution in [0.2, 0.25) is 0 Å². The first-order valence-electron chi connectivity index (χ1n) is 15.5. The first kappa shape index (κ1) is 28.0. The minimum absolute atomic E-state index is 0.0408. The van der Waals surface area contributed by atoms with E-state index in [1.807, 2.05) is 30.0 Å². The molecule has 2 unspecified atom stereocenters. The van der Waals surface area contributed by atoms with Crippen molar-refractivity contribution in [1.82, 2.24) is 24.1 Å². The molecule has 4 aromatic heterocycles. The average Bonchev–Trinajstić information content (AvgIpc) is 3.44. The third-order valence-corrected chi connectivity index (χ3v) is 9.81. The number of hydrogen-bond donors (Lipinski definition) is 1. The monoisotopic (exact) mass is 612 g/mol. The Morgan fingerprint density at radius 2 is 1.89 bits per heavy atom. The van der Waals surface area contributed by atoms with Gasteiger partial charge in [0.15, 0.2) is 0 Å². The van der Waals surface area contributed by atoms with Crippen LogP contribution in [0.5, 0.6) is 11.5 Å². The molecular formula is C34H34F2N6O3. The van der Waals surface area contributed by atoms with Crippen molar-refractivity contribution in [2.45, 2.75) is 57.8 Å². The lowest BCUT2D eigenvalue weighted by Gasteiger charge is -2.27. The van der Waals surface area contributed by atoms with Crippen LogP contribution in [0.25, 0.3) is 39.2 Å². The lowest BCUT2D eigenvalue weighted by Crippen LogP contribution is -2.41. The molecule has 2 N–H and O–H groups in total. The molecule has 8 rings (SSSR count). The van der Waals surface area contributed by atoms with Gasteiger partial charge in [-0.25, -0.2) is 9.50 Å². The summed E-state index contributed by atoms with van der Waals surface area (Å²) in [5, 5.41) is 6.02. The van der Waals surface area contributed by atoms with Gasteiger partial charge in [-0.1, -0.05) is 0 Å². The minimum Gasteiger partial charge on any atom is -0.494 e. The normalized spacial score (nSPS) is 21.0. The number of carbonyl (C=O) groups excluding carboxylic acids is 1. The van der Waals surface area contributed by atoms with Gasteiger partial charge in [0.1, 0.15) is 28.4 Å². The Hall–Kier alpha value is -4.51. The first-order valence-corrected chi connectivity index (χ1v) is 15.5. The molecule has 3 aliphatic rings. The third kappa shape index (κ3) is 4.72. The highest BCUT2D eigenvalue weighted by atomic mass is 19.3. The second-order valence-electron chi connectivity index (χ2n) is 12.6. The van der Waals surface area contributed by atoms with Gasteiger partial charge in [0.2, 0.25) is 0 Å². The summed E-state index contributed by atoms with van der Waals surface area (Å²) in [6, 6.07) is 14.5. The number of benzene rings is 1. The van der Waals surface area contributed by atoms with Gasteiger partial charge in [-0.2, -0.15) is 13.9 Å². The van der Waals surface area contributed by atoms with Crippen molar-refractivity contribution in [2.75, 3.05) is 13.7 Å². The maximum Gasteiger partial charge on any atom is 0.387 e. The van der Waals surface area contributed by atoms with Crippen LogP contribution < -0.4 is 15.2 Å². The van der Waals surface area contributed by atoms with Crippen molar-refractivity contribution < 1.29 is 23.0 Å². The van der Waals surface area contributed by atoms with Gasteiger partial charge in [-0.3, -0.25) is 4.79 Å². The molecule has 45 heavy (non-hydrogen) atoms. The Bertz CT molecular complexity index is 1950. The number of methoxy groups -OCH3 is 1. The van der Waals surface area contributed by atoms with E-state index in [0.717, 1.165) is 77.0 Å². The number of ether oxygens (including phenoxy) is 2. The van der Waals surface area contributed by atoms with Gasteiger partial charge in [0.05, 0.1) is 24.1 Å². The Labute approximate surface area is 258 Å². The summed E-state index contributed by atoms with van der Waals surface area (Å²) < 4.78 is 39.6. The fraction of sp³-hybridized carbons (Fsp3) is 0.382. The Morgan fingerprint density at radius 1 is 1.09 bits per heavy atom. The minimum atomic E-state index is -2.87. The second-order valence-corrected chi connectivity index (χ2v) is 12.6. The molecule has 2 bridgehead atoms. The third-order valence-electron chi connectivity index (χ3n) is 9.81. The number of halogens is 2. The molecule has 11 heteroatoms. The molecule has 1 aromatic carbocycles. The van der Waals surface area contributed by atoms with Gasteiger partial charge in [0, 0.05) is 47.9 Å². The molecule has 5 heterocycles. The lowest BCUT2D eigenvalue weighted by molar-refractivity contribution is -0.0498. The first-order chi connectivity index (χ1) is 21.8. The highest BCUT2D eigenvalue weighted by molar-refractivity contribution is 5.96. The van der Waals surface area contributed by atoms with E-state index in [4.69, 9.17) is 20.6 Å². The summed E-state index contributed by atoms with van der Waals surface area (Å²) in [4.78, 5) is 20.7. The fourth-order valence-corrected chi connectivity index (χ4v) is 7.29. The summed E-state index contributed by atoms with van der Waals surface area (Å²) in [6.07, 6.45) is 6.15. The number of hydrogen-bond acceptors (Lipinski definition) is 6. The number of carbonyl (C=O) groups is 1. The zero-order chi connectivity index (χ0) is 31.0. The average molecular weight is 613 g/mol. The zero-order valence-electron chi connectivity index (χ0n) is 25.1. The van der Waals surface area contributed by atoms with E-state index in [1.54, 1.807) is 30.0 Å². The molecule has 5 aromatic rings. The quantitative estimate of drug-likeness (QED) is 0.234. The summed E-state index contributed by atoms with van der Waals surface area (Å²) in [5.74, 6) is 1.59. The molecule has 0 radical (unpaired) electrons. The van der Waals surface area contributed by atoms with Crippen molar-refractivity contribution >= 4 is 22.5 Å². The number of aryl methyl sites for hydroxylation is 1. The number of nitrogens with two attached hydrogens (primary N) is 1. The molecule has 1 amide bonds. The van der Waals surface area contributed by atoms with Gasteiger partial charge in [0.25, 0.3) is 5.91 Å². The van der Waals surface area contributed by atoms with Crippen molar-refractivity contribution in [3.63, 3.8) is 0 Å². The van der Waals surface area contributed by atoms with Crippen LogP contribution in [0.15, 0.2) is 54.7 Å². The van der Waals surface area contributed by atoms with Gasteiger partial charge < -0.3 is 24.7 Å². The zero-order valence-corrected chi connectivity index (χ0v) is 25.1. The Balaban J connectivity index is 1.20. The SMILES string of the molecule is COc1cc(C(=O)N2CC3CCC2[C@@H]3N)cn2nc(-c3cc4ccc(-c5ccc(OC(F)F)cc5)nc4n3CC3CC3)c(C)c12. The van der Waals surface area contributed by atoms with E-state index in [2.05, 4.69) is 15.4 Å². The predicted molar refractivity (Wildman–Crippen MR) is 166 cm³/mol. The lowest BCUT2D eigenvalue weighted by atomic mass is 10.1. The van der Waals surface area contributed by atoms with E-state index >= 15 is 0 Å². The molecule has 3 atom stereocenters. The van der Waals surface area contributed by atoms with E-state index in [-0.39, 0.29) is 23.7 Å². The summed E-state index contributed by atoms with van der Waals surface area (Å²) in [6.45, 7) is 0.658. The Morgan fingerprint density at radius 3 is 2.56 bits per heavy atom. The standard InChI is InChI=1S/C34H34F2N6O3/c1-18-30(39-42-17-23(14-28(44-2)31(18)42)33(43)41-16-22-8-12-26(41)29(22)37)27-13-21-7-11-25(38-32(21)40(27)15-19-3-4-19)20-5-9-24(10-6-20)45-34(35)36/h5-7,9-11,13-14,17,19,22,26,29,34H,3-4,8,12,15-16,37H2,1-2H3/t22?,26?,29-/m1/s1. The number of likely N-dealkylation sites (tertiary alicyclic amines) is 1. The molecular weight excluding hydrogens is 578 g/mol. The van der Waals surface area contributed by atoms with E-state index in [1.165, 1.54) is 12.1 Å². The highest BCUT2D eigenvalue weighted by Crippen LogP contribution is 2.40. The Kier molecular flexibility index (Phi) is 6.56. The summed E-state index contributed by atoms with van der Waals surface area (Å²) in [5.41, 5.74) is 12.8. The fourth-order valence-electron chi connectivity index (χ4n) is 7.29. The molecule has 232 valence electrons. The number of pyridine rings is 2. The molecule has 1 aliphatic heterocycles. The van der Waals surface area contributed by atoms with Crippen molar-refractivity contribution in [1.29, 1.82) is 0 Å². The van der Waals surface area contributed by atoms with Crippen LogP contribution in [0.1, 0.15) is 41.6 Å². The predicted octanol–water partition coefficient (Wildman–Crippen LogP) is 5.91. The number of aromatic nitrogens is 4. The molecule has 3 fully saturated rings. The van der Waals surface area contributed by atoms with Gasteiger partial charge in [-0.15, -0.1) is 0 Å².